The monoisotopic (exact) mass is 438 g/mol. The quantitative estimate of drug-likeness (QED) is 0.450. The van der Waals surface area contributed by atoms with Gasteiger partial charge in [0.25, 0.3) is 5.89 Å². The number of fused-ring (bicyclic) bond motifs is 1. The van der Waals surface area contributed by atoms with Gasteiger partial charge in [0, 0.05) is 17.2 Å². The Hall–Kier alpha value is -3.41. The van der Waals surface area contributed by atoms with E-state index < -0.39 is 28.2 Å². The fourth-order valence-corrected chi connectivity index (χ4v) is 3.67. The zero-order valence-corrected chi connectivity index (χ0v) is 16.1. The average molecular weight is 438 g/mol. The van der Waals surface area contributed by atoms with E-state index in [0.29, 0.717) is 11.1 Å². The van der Waals surface area contributed by atoms with Gasteiger partial charge in [0.2, 0.25) is 15.9 Å². The number of halogens is 3. The van der Waals surface area contributed by atoms with E-state index in [1.165, 1.54) is 30.7 Å². The van der Waals surface area contributed by atoms with Gasteiger partial charge >= 0.3 is 6.43 Å². The minimum absolute atomic E-state index is 0.0513. The standard InChI is InChI=1S/C18H13F3N4O4S/c1-30(26,27)25(12-4-5-14-15(7-12)28-9-22-14)8-11-3-2-10(6-13(11)19)17-23-24-18(29-17)16(20)21/h2-7,9,16H,8H2,1H3. The maximum Gasteiger partial charge on any atom is 0.314 e. The molecule has 0 fully saturated rings. The number of sulfonamides is 1. The number of anilines is 1. The molecule has 156 valence electrons. The van der Waals surface area contributed by atoms with Gasteiger partial charge in [-0.05, 0) is 24.3 Å². The topological polar surface area (TPSA) is 102 Å². The number of nitrogens with zero attached hydrogens (tertiary/aromatic N) is 4. The molecule has 4 rings (SSSR count). The van der Waals surface area contributed by atoms with Crippen LogP contribution in [0, 0.1) is 5.82 Å². The van der Waals surface area contributed by atoms with Crippen LogP contribution in [-0.4, -0.2) is 29.9 Å². The van der Waals surface area contributed by atoms with Crippen molar-refractivity contribution in [2.45, 2.75) is 13.0 Å². The first-order valence-corrected chi connectivity index (χ1v) is 10.3. The molecule has 2 heterocycles. The molecule has 0 spiro atoms. The van der Waals surface area contributed by atoms with Crippen molar-refractivity contribution in [3.05, 3.63) is 60.1 Å². The Bertz CT molecular complexity index is 1320. The SMILES string of the molecule is CS(=O)(=O)N(Cc1ccc(-c2nnc(C(F)F)o2)cc1F)c1ccc2ncoc2c1. The lowest BCUT2D eigenvalue weighted by molar-refractivity contribution is 0.116. The van der Waals surface area contributed by atoms with E-state index in [9.17, 15) is 21.6 Å². The lowest BCUT2D eigenvalue weighted by atomic mass is 10.1. The Morgan fingerprint density at radius 2 is 1.93 bits per heavy atom. The summed E-state index contributed by atoms with van der Waals surface area (Å²) in [5, 5.41) is 6.66. The summed E-state index contributed by atoms with van der Waals surface area (Å²) in [6.07, 6.45) is -0.719. The predicted octanol–water partition coefficient (Wildman–Crippen LogP) is 3.92. The molecule has 0 aliphatic heterocycles. The van der Waals surface area contributed by atoms with Crippen LogP contribution in [0.5, 0.6) is 0 Å². The summed E-state index contributed by atoms with van der Waals surface area (Å²) < 4.78 is 75.5. The highest BCUT2D eigenvalue weighted by Gasteiger charge is 2.22. The number of aromatic nitrogens is 3. The molecule has 0 saturated carbocycles. The summed E-state index contributed by atoms with van der Waals surface area (Å²) >= 11 is 0. The molecule has 0 radical (unpaired) electrons. The molecule has 0 amide bonds. The molecule has 0 N–H and O–H groups in total. The van der Waals surface area contributed by atoms with Gasteiger partial charge in [-0.2, -0.15) is 8.78 Å². The molecule has 30 heavy (non-hydrogen) atoms. The van der Waals surface area contributed by atoms with Crippen molar-refractivity contribution in [2.24, 2.45) is 0 Å². The molecule has 0 saturated heterocycles. The van der Waals surface area contributed by atoms with E-state index in [4.69, 9.17) is 8.83 Å². The highest BCUT2D eigenvalue weighted by molar-refractivity contribution is 7.92. The Labute approximate surface area is 168 Å². The van der Waals surface area contributed by atoms with Crippen molar-refractivity contribution < 1.29 is 30.4 Å². The average Bonchev–Trinajstić information content (AvgIpc) is 3.35. The number of benzene rings is 2. The summed E-state index contributed by atoms with van der Waals surface area (Å²) in [6.45, 7) is -0.309. The van der Waals surface area contributed by atoms with E-state index in [2.05, 4.69) is 15.2 Å². The largest absolute Gasteiger partial charge is 0.443 e. The third-order valence-corrected chi connectivity index (χ3v) is 5.39. The summed E-state index contributed by atoms with van der Waals surface area (Å²) in [5.41, 5.74) is 1.33. The van der Waals surface area contributed by atoms with Crippen LogP contribution in [0.25, 0.3) is 22.6 Å². The lowest BCUT2D eigenvalue weighted by Gasteiger charge is -2.22. The highest BCUT2D eigenvalue weighted by Crippen LogP contribution is 2.28. The van der Waals surface area contributed by atoms with Gasteiger partial charge in [0.15, 0.2) is 12.0 Å². The molecule has 2 aromatic carbocycles. The molecule has 4 aromatic rings. The number of alkyl halides is 2. The third kappa shape index (κ3) is 3.85. The van der Waals surface area contributed by atoms with Crippen molar-refractivity contribution >= 4 is 26.8 Å². The Balaban J connectivity index is 1.66. The molecule has 12 heteroatoms. The van der Waals surface area contributed by atoms with Gasteiger partial charge in [-0.3, -0.25) is 4.31 Å². The van der Waals surface area contributed by atoms with Gasteiger partial charge in [-0.1, -0.05) is 6.07 Å². The smallest absolute Gasteiger partial charge is 0.314 e. The molecule has 2 aromatic heterocycles. The van der Waals surface area contributed by atoms with Crippen LogP contribution in [0.3, 0.4) is 0 Å². The summed E-state index contributed by atoms with van der Waals surface area (Å²) in [7, 11) is -3.77. The van der Waals surface area contributed by atoms with Gasteiger partial charge < -0.3 is 8.83 Å². The zero-order valence-electron chi connectivity index (χ0n) is 15.3. The molecular weight excluding hydrogens is 425 g/mol. The normalized spacial score (nSPS) is 12.0. The van der Waals surface area contributed by atoms with Crippen molar-refractivity contribution in [1.29, 1.82) is 0 Å². The second-order valence-electron chi connectivity index (χ2n) is 6.33. The summed E-state index contributed by atoms with van der Waals surface area (Å²) in [6, 6.07) is 8.31. The van der Waals surface area contributed by atoms with Crippen LogP contribution in [0.1, 0.15) is 17.9 Å². The van der Waals surface area contributed by atoms with Gasteiger partial charge in [0.05, 0.1) is 18.5 Å². The first-order chi connectivity index (χ1) is 14.2. The zero-order chi connectivity index (χ0) is 21.5. The first-order valence-electron chi connectivity index (χ1n) is 8.43. The van der Waals surface area contributed by atoms with E-state index >= 15 is 0 Å². The third-order valence-electron chi connectivity index (χ3n) is 4.24. The number of oxazole rings is 1. The van der Waals surface area contributed by atoms with Crippen LogP contribution >= 0.6 is 0 Å². The van der Waals surface area contributed by atoms with Crippen molar-refractivity contribution in [3.63, 3.8) is 0 Å². The van der Waals surface area contributed by atoms with Gasteiger partial charge in [-0.25, -0.2) is 17.8 Å². The minimum atomic E-state index is -3.77. The van der Waals surface area contributed by atoms with Gasteiger partial charge in [0.1, 0.15) is 11.3 Å². The summed E-state index contributed by atoms with van der Waals surface area (Å²) in [4.78, 5) is 3.97. The maximum absolute atomic E-state index is 14.7. The highest BCUT2D eigenvalue weighted by atomic mass is 32.2. The lowest BCUT2D eigenvalue weighted by Crippen LogP contribution is -2.29. The van der Waals surface area contributed by atoms with E-state index in [1.54, 1.807) is 6.07 Å². The second kappa shape index (κ2) is 7.44. The second-order valence-corrected chi connectivity index (χ2v) is 8.23. The van der Waals surface area contributed by atoms with Crippen molar-refractivity contribution in [2.75, 3.05) is 10.6 Å². The Morgan fingerprint density at radius 1 is 1.13 bits per heavy atom. The minimum Gasteiger partial charge on any atom is -0.443 e. The van der Waals surface area contributed by atoms with E-state index in [0.717, 1.165) is 16.6 Å². The van der Waals surface area contributed by atoms with Crippen LogP contribution in [0.15, 0.2) is 51.6 Å². The number of hydrogen-bond acceptors (Lipinski definition) is 7. The Morgan fingerprint density at radius 3 is 2.60 bits per heavy atom. The fourth-order valence-electron chi connectivity index (χ4n) is 2.80. The molecule has 0 atom stereocenters. The Kier molecular flexibility index (Phi) is 4.94. The molecular formula is C18H13F3N4O4S. The van der Waals surface area contributed by atoms with E-state index in [1.807, 2.05) is 0 Å². The first kappa shape index (κ1) is 19.9. The molecule has 0 unspecified atom stereocenters. The number of rotatable bonds is 6. The van der Waals surface area contributed by atoms with Crippen molar-refractivity contribution in [1.82, 2.24) is 15.2 Å². The maximum atomic E-state index is 14.7. The fraction of sp³-hybridized carbons (Fsp3) is 0.167. The van der Waals surface area contributed by atoms with Gasteiger partial charge in [-0.15, -0.1) is 10.2 Å². The van der Waals surface area contributed by atoms with E-state index in [-0.39, 0.29) is 29.2 Å². The van der Waals surface area contributed by atoms with Crippen molar-refractivity contribution in [3.8, 4) is 11.5 Å². The van der Waals surface area contributed by atoms with Crippen LogP contribution in [0.4, 0.5) is 18.9 Å². The molecule has 8 nitrogen and oxygen atoms in total. The molecule has 0 aliphatic carbocycles. The molecule has 0 aliphatic rings. The summed E-state index contributed by atoms with van der Waals surface area (Å²) in [5.74, 6) is -1.91. The van der Waals surface area contributed by atoms with Crippen LogP contribution in [0.2, 0.25) is 0 Å². The van der Waals surface area contributed by atoms with Crippen LogP contribution < -0.4 is 4.31 Å². The van der Waals surface area contributed by atoms with Crippen LogP contribution in [-0.2, 0) is 16.6 Å². The number of hydrogen-bond donors (Lipinski definition) is 0. The molecule has 0 bridgehead atoms. The predicted molar refractivity (Wildman–Crippen MR) is 99.7 cm³/mol.